The molecular weight excluding hydrogens is 668 g/mol. The number of nitrogens with one attached hydrogen (secondary N) is 2. The summed E-state index contributed by atoms with van der Waals surface area (Å²) >= 11 is 0. The van der Waals surface area contributed by atoms with Gasteiger partial charge in [-0.1, -0.05) is 53.4 Å². The average Bonchev–Trinajstić information content (AvgIpc) is 3.29. The first kappa shape index (κ1) is 43.5. The maximum atomic E-state index is 12.6. The van der Waals surface area contributed by atoms with Crippen molar-refractivity contribution >= 4 is 34.3 Å². The smallest absolute Gasteiger partial charge is 0.410 e. The van der Waals surface area contributed by atoms with Crippen molar-refractivity contribution in [1.82, 2.24) is 25.7 Å². The van der Waals surface area contributed by atoms with Crippen LogP contribution < -0.4 is 10.9 Å². The maximum absolute atomic E-state index is 12.6. The molecule has 0 spiro atoms. The van der Waals surface area contributed by atoms with E-state index in [1.54, 1.807) is 20.8 Å². The van der Waals surface area contributed by atoms with E-state index < -0.39 is 57.9 Å². The molecule has 3 fully saturated rings. The molecule has 3 saturated heterocycles. The van der Waals surface area contributed by atoms with Crippen molar-refractivity contribution in [2.24, 2.45) is 5.92 Å². The number of carbonyl (C=O) groups is 4. The van der Waals surface area contributed by atoms with Crippen molar-refractivity contribution in [1.29, 1.82) is 0 Å². The van der Waals surface area contributed by atoms with Crippen LogP contribution in [-0.2, 0) is 29.0 Å². The van der Waals surface area contributed by atoms with Crippen molar-refractivity contribution in [3.8, 4) is 0 Å². The number of hydroxylamine groups is 2. The summed E-state index contributed by atoms with van der Waals surface area (Å²) in [5.74, 6) is -1.70. The molecule has 50 heavy (non-hydrogen) atoms. The second-order valence-corrected chi connectivity index (χ2v) is 15.9. The number of unbranched alkanes of at least 4 members (excludes halogenated alkanes) is 4. The summed E-state index contributed by atoms with van der Waals surface area (Å²) in [7, 11) is -5.14. The Morgan fingerprint density at radius 2 is 1.36 bits per heavy atom. The van der Waals surface area contributed by atoms with Crippen LogP contribution in [0.15, 0.2) is 0 Å². The number of quaternary nitrogens is 1. The van der Waals surface area contributed by atoms with Crippen molar-refractivity contribution in [3.05, 3.63) is 0 Å². The molecule has 0 saturated carbocycles. The van der Waals surface area contributed by atoms with E-state index in [9.17, 15) is 32.1 Å². The van der Waals surface area contributed by atoms with Crippen LogP contribution in [-0.4, -0.2) is 120 Å². The van der Waals surface area contributed by atoms with E-state index >= 15 is 0 Å². The van der Waals surface area contributed by atoms with Crippen LogP contribution in [0.3, 0.4) is 0 Å². The zero-order valence-corrected chi connectivity index (χ0v) is 32.4. The lowest BCUT2D eigenvalue weighted by molar-refractivity contribution is -0.929. The number of hydrogen-bond acceptors (Lipinski definition) is 9. The molecule has 3 atom stereocenters. The topological polar surface area (TPSA) is 178 Å². The van der Waals surface area contributed by atoms with Gasteiger partial charge in [-0.25, -0.2) is 18.0 Å². The van der Waals surface area contributed by atoms with Gasteiger partial charge in [0.1, 0.15) is 11.6 Å². The van der Waals surface area contributed by atoms with Gasteiger partial charge >= 0.3 is 12.1 Å². The van der Waals surface area contributed by atoms with Gasteiger partial charge in [-0.3, -0.25) is 20.4 Å². The van der Waals surface area contributed by atoms with Crippen molar-refractivity contribution in [3.63, 3.8) is 0 Å². The molecule has 5 amide bonds. The highest BCUT2D eigenvalue weighted by molar-refractivity contribution is 7.80. The zero-order valence-electron chi connectivity index (χ0n) is 31.5. The van der Waals surface area contributed by atoms with Gasteiger partial charge in [-0.2, -0.15) is 9.35 Å². The normalized spacial score (nSPS) is 21.0. The lowest BCUT2D eigenvalue weighted by Gasteiger charge is -2.39. The third-order valence-corrected chi connectivity index (χ3v) is 9.84. The number of urea groups is 1. The Kier molecular flexibility index (Phi) is 17.7. The number of piperidine rings is 2. The first-order valence-corrected chi connectivity index (χ1v) is 20.0. The van der Waals surface area contributed by atoms with Crippen LogP contribution in [0, 0.1) is 5.92 Å². The van der Waals surface area contributed by atoms with Gasteiger partial charge < -0.3 is 23.6 Å². The molecule has 290 valence electrons. The molecule has 2 bridgehead atoms. The number of fused-ring (bicyclic) bond motifs is 2. The molecule has 0 aromatic carbocycles. The summed E-state index contributed by atoms with van der Waals surface area (Å²) < 4.78 is 43.5. The Labute approximate surface area is 300 Å². The molecule has 0 aromatic heterocycles. The Morgan fingerprint density at radius 3 is 1.84 bits per heavy atom. The number of amides is 5. The van der Waals surface area contributed by atoms with Gasteiger partial charge in [-0.05, 0) is 72.1 Å². The minimum Gasteiger partial charge on any atom is -0.724 e. The highest BCUT2D eigenvalue weighted by Crippen LogP contribution is 2.30. The summed E-state index contributed by atoms with van der Waals surface area (Å²) in [6.07, 6.45) is 12.1. The van der Waals surface area contributed by atoms with E-state index in [1.165, 1.54) is 86.9 Å². The highest BCUT2D eigenvalue weighted by atomic mass is 32.3. The summed E-state index contributed by atoms with van der Waals surface area (Å²) in [5.41, 5.74) is 3.96. The van der Waals surface area contributed by atoms with Gasteiger partial charge in [0, 0.05) is 19.6 Å². The van der Waals surface area contributed by atoms with Gasteiger partial charge in [-0.15, -0.1) is 0 Å². The predicted molar refractivity (Wildman–Crippen MR) is 188 cm³/mol. The monoisotopic (exact) mass is 732 g/mol. The minimum absolute atomic E-state index is 0.00780. The van der Waals surface area contributed by atoms with E-state index in [0.717, 1.165) is 4.90 Å². The fraction of sp³-hybridized carbons (Fsp3) is 0.882. The molecule has 16 heteroatoms. The minimum atomic E-state index is -5.14. The lowest BCUT2D eigenvalue weighted by Crippen LogP contribution is -2.56. The first-order chi connectivity index (χ1) is 23.5. The first-order valence-electron chi connectivity index (χ1n) is 18.7. The summed E-state index contributed by atoms with van der Waals surface area (Å²) in [4.78, 5) is 52.3. The van der Waals surface area contributed by atoms with Crippen LogP contribution in [0.25, 0.3) is 0 Å². The molecule has 0 unspecified atom stereocenters. The average molecular weight is 733 g/mol. The summed E-state index contributed by atoms with van der Waals surface area (Å²) in [6.45, 7) is 20.9. The number of carbonyl (C=O) groups excluding carboxylic acids is 4. The SMILES string of the molecule is CC(C)(C)OC(=O)N1CCC[C@H](C(=O)NNC(=O)[C@@H]2CC[C@@H]3CN2C(=O)N3OS(=O)(=O)[O-])C1.CCCC[N+](CCCC)(CCCC)CCCC. The second kappa shape index (κ2) is 20.4. The quantitative estimate of drug-likeness (QED) is 0.100. The number of hydrazine groups is 1. The van der Waals surface area contributed by atoms with Crippen LogP contribution in [0.2, 0.25) is 0 Å². The van der Waals surface area contributed by atoms with Crippen LogP contribution in [0.1, 0.15) is 126 Å². The standard InChI is InChI=1S/C18H29N5O9S.C16H36N/c1-18(2,3)31-17(27)21-8-4-5-11(9-21)14(24)19-20-15(25)13-7-6-12-10-22(13)16(26)23(12)32-33(28,29)30;1-5-9-13-17(14-10-6-2,15-11-7-3)16-12-8-4/h11-13H,4-10H2,1-3H3,(H,19,24)(H,20,25)(H,28,29,30);5-16H2,1-4H3/q;+1/p-1/t11-,12+,13-;/m0./s1. The molecule has 0 aliphatic carbocycles. The largest absolute Gasteiger partial charge is 0.724 e. The Morgan fingerprint density at radius 1 is 0.840 bits per heavy atom. The molecule has 2 N–H and O–H groups in total. The molecule has 0 radical (unpaired) electrons. The van der Waals surface area contributed by atoms with Gasteiger partial charge in [0.05, 0.1) is 38.1 Å². The van der Waals surface area contributed by atoms with E-state index in [0.29, 0.717) is 24.4 Å². The van der Waals surface area contributed by atoms with Gasteiger partial charge in [0.25, 0.3) is 5.91 Å². The third-order valence-electron chi connectivity index (χ3n) is 9.49. The van der Waals surface area contributed by atoms with Crippen LogP contribution in [0.4, 0.5) is 9.59 Å². The second-order valence-electron chi connectivity index (χ2n) is 14.9. The van der Waals surface area contributed by atoms with Gasteiger partial charge in [0.2, 0.25) is 16.3 Å². The summed E-state index contributed by atoms with van der Waals surface area (Å²) in [5, 5.41) is 0.474. The molecule has 0 aromatic rings. The van der Waals surface area contributed by atoms with Crippen molar-refractivity contribution in [2.45, 2.75) is 143 Å². The third kappa shape index (κ3) is 14.1. The Balaban J connectivity index is 0.000000432. The Bertz CT molecular complexity index is 1170. The number of likely N-dealkylation sites (tertiary alicyclic amines) is 1. The zero-order chi connectivity index (χ0) is 37.5. The maximum Gasteiger partial charge on any atom is 0.410 e. The number of nitrogens with zero attached hydrogens (tertiary/aromatic N) is 4. The summed E-state index contributed by atoms with van der Waals surface area (Å²) in [6, 6.07) is -2.55. The van der Waals surface area contributed by atoms with E-state index in [2.05, 4.69) is 42.8 Å². The Hall–Kier alpha value is -2.69. The number of rotatable bonds is 16. The van der Waals surface area contributed by atoms with Crippen molar-refractivity contribution in [2.75, 3.05) is 45.8 Å². The lowest BCUT2D eigenvalue weighted by atomic mass is 9.97. The number of hydrogen-bond donors (Lipinski definition) is 2. The molecule has 15 nitrogen and oxygen atoms in total. The van der Waals surface area contributed by atoms with Crippen LogP contribution in [0.5, 0.6) is 0 Å². The van der Waals surface area contributed by atoms with Crippen molar-refractivity contribution < 1.29 is 45.7 Å². The van der Waals surface area contributed by atoms with E-state index in [1.807, 2.05) is 0 Å². The number of ether oxygens (including phenoxy) is 1. The molecule has 3 aliphatic rings. The molecule has 3 rings (SSSR count). The predicted octanol–water partition coefficient (Wildman–Crippen LogP) is 4.44. The molecular formula is C34H64N6O9S. The van der Waals surface area contributed by atoms with Gasteiger partial charge in [0.15, 0.2) is 0 Å². The highest BCUT2D eigenvalue weighted by Gasteiger charge is 2.49. The fourth-order valence-electron chi connectivity index (χ4n) is 6.74. The molecule has 3 heterocycles. The van der Waals surface area contributed by atoms with E-state index in [-0.39, 0.29) is 25.9 Å². The van der Waals surface area contributed by atoms with Crippen LogP contribution >= 0.6 is 0 Å². The van der Waals surface area contributed by atoms with E-state index in [4.69, 9.17) is 4.74 Å². The fourth-order valence-corrected chi connectivity index (χ4v) is 7.12. The molecule has 3 aliphatic heterocycles.